The van der Waals surface area contributed by atoms with E-state index < -0.39 is 0 Å². The van der Waals surface area contributed by atoms with Gasteiger partial charge in [0, 0.05) is 5.56 Å². The van der Waals surface area contributed by atoms with E-state index in [0.717, 1.165) is 17.7 Å². The average molecular weight is 217 g/mol. The molecule has 2 rings (SSSR count). The van der Waals surface area contributed by atoms with Crippen LogP contribution in [0.1, 0.15) is 43.4 Å². The van der Waals surface area contributed by atoms with Crippen LogP contribution in [-0.2, 0) is 0 Å². The van der Waals surface area contributed by atoms with E-state index in [-0.39, 0.29) is 5.28 Å². The fourth-order valence-electron chi connectivity index (χ4n) is 2.02. The summed E-state index contributed by atoms with van der Waals surface area (Å²) in [5, 5.41) is 0.775. The first kappa shape index (κ1) is 9.22. The third-order valence-electron chi connectivity index (χ3n) is 2.57. The number of nitrogens with zero attached hydrogens (tertiary/aromatic N) is 2. The van der Waals surface area contributed by atoms with Crippen molar-refractivity contribution in [3.63, 3.8) is 0 Å². The monoisotopic (exact) mass is 216 g/mol. The Bertz CT molecular complexity index is 352. The van der Waals surface area contributed by atoms with Crippen LogP contribution in [0, 0.1) is 0 Å². The number of halogens is 2. The van der Waals surface area contributed by atoms with Crippen LogP contribution in [0.4, 0.5) is 0 Å². The highest BCUT2D eigenvalue weighted by Gasteiger charge is 2.29. The third kappa shape index (κ3) is 1.42. The van der Waals surface area contributed by atoms with Gasteiger partial charge in [-0.15, -0.1) is 0 Å². The van der Waals surface area contributed by atoms with Gasteiger partial charge in [-0.2, -0.15) is 0 Å². The average Bonchev–Trinajstić information content (AvgIpc) is 2.27. The van der Waals surface area contributed by atoms with E-state index in [1.165, 1.54) is 0 Å². The van der Waals surface area contributed by atoms with Crippen LogP contribution in [0.2, 0.25) is 10.4 Å². The minimum atomic E-state index is 0.254. The molecular weight excluding hydrogens is 207 g/mol. The molecule has 0 radical (unpaired) electrons. The number of aromatic nitrogens is 2. The lowest BCUT2D eigenvalue weighted by Gasteiger charge is -2.05. The molecule has 1 heterocycles. The molecule has 2 atom stereocenters. The molecule has 1 aromatic heterocycles. The van der Waals surface area contributed by atoms with Gasteiger partial charge in [0.2, 0.25) is 5.28 Å². The molecule has 0 fully saturated rings. The summed E-state index contributed by atoms with van der Waals surface area (Å²) in [6.45, 7) is 4.29. The minimum absolute atomic E-state index is 0.254. The molecule has 2 nitrogen and oxygen atoms in total. The van der Waals surface area contributed by atoms with Crippen LogP contribution in [0.5, 0.6) is 0 Å². The van der Waals surface area contributed by atoms with Crippen LogP contribution >= 0.6 is 23.2 Å². The highest BCUT2D eigenvalue weighted by atomic mass is 35.5. The lowest BCUT2D eigenvalue weighted by atomic mass is 10.1. The van der Waals surface area contributed by atoms with Gasteiger partial charge in [-0.3, -0.25) is 0 Å². The van der Waals surface area contributed by atoms with Gasteiger partial charge < -0.3 is 0 Å². The highest BCUT2D eigenvalue weighted by molar-refractivity contribution is 6.32. The molecular formula is C9H10Cl2N2. The van der Waals surface area contributed by atoms with Crippen LogP contribution in [0.3, 0.4) is 0 Å². The molecule has 1 aliphatic rings. The van der Waals surface area contributed by atoms with Crippen molar-refractivity contribution in [2.24, 2.45) is 0 Å². The normalized spacial score (nSPS) is 26.2. The second-order valence-electron chi connectivity index (χ2n) is 3.62. The first-order valence-corrected chi connectivity index (χ1v) is 5.08. The quantitative estimate of drug-likeness (QED) is 0.491. The molecule has 0 aromatic carbocycles. The summed E-state index contributed by atoms with van der Waals surface area (Å²) in [7, 11) is 0. The van der Waals surface area contributed by atoms with Crippen LogP contribution in [0.25, 0.3) is 0 Å². The molecule has 0 amide bonds. The number of hydrogen-bond acceptors (Lipinski definition) is 2. The lowest BCUT2D eigenvalue weighted by molar-refractivity contribution is 0.655. The van der Waals surface area contributed by atoms with Gasteiger partial charge >= 0.3 is 0 Å². The molecule has 0 N–H and O–H groups in total. The van der Waals surface area contributed by atoms with Crippen LogP contribution in [0.15, 0.2) is 0 Å². The van der Waals surface area contributed by atoms with Crippen molar-refractivity contribution in [1.29, 1.82) is 0 Å². The molecule has 0 bridgehead atoms. The maximum atomic E-state index is 6.00. The first-order valence-electron chi connectivity index (χ1n) is 4.32. The largest absolute Gasteiger partial charge is 0.224 e. The van der Waals surface area contributed by atoms with Crippen molar-refractivity contribution in [1.82, 2.24) is 9.97 Å². The predicted molar refractivity (Wildman–Crippen MR) is 53.5 cm³/mol. The molecule has 1 aliphatic carbocycles. The predicted octanol–water partition coefficient (Wildman–Crippen LogP) is 3.39. The molecule has 4 heteroatoms. The summed E-state index contributed by atoms with van der Waals surface area (Å²) in [6, 6.07) is 0. The van der Waals surface area contributed by atoms with Gasteiger partial charge in [0.1, 0.15) is 5.15 Å². The summed E-state index contributed by atoms with van der Waals surface area (Å²) in [5.74, 6) is 0.901. The Labute approximate surface area is 87.3 Å². The fraction of sp³-hybridized carbons (Fsp3) is 0.556. The summed E-state index contributed by atoms with van der Waals surface area (Å²) in [6.07, 6.45) is 1.09. The van der Waals surface area contributed by atoms with Gasteiger partial charge in [0.05, 0.1) is 5.69 Å². The van der Waals surface area contributed by atoms with E-state index in [1.54, 1.807) is 0 Å². The molecule has 0 saturated heterocycles. The zero-order valence-corrected chi connectivity index (χ0v) is 9.02. The minimum Gasteiger partial charge on any atom is -0.222 e. The van der Waals surface area contributed by atoms with E-state index in [9.17, 15) is 0 Å². The van der Waals surface area contributed by atoms with E-state index >= 15 is 0 Å². The molecule has 1 aromatic rings. The second-order valence-corrected chi connectivity index (χ2v) is 4.32. The van der Waals surface area contributed by atoms with Crippen molar-refractivity contribution in [2.75, 3.05) is 0 Å². The maximum Gasteiger partial charge on any atom is 0.224 e. The fourth-order valence-corrected chi connectivity index (χ4v) is 2.60. The Kier molecular flexibility index (Phi) is 2.20. The van der Waals surface area contributed by atoms with E-state index in [4.69, 9.17) is 23.2 Å². The number of hydrogen-bond donors (Lipinski definition) is 0. The van der Waals surface area contributed by atoms with Crippen molar-refractivity contribution in [3.05, 3.63) is 21.7 Å². The Morgan fingerprint density at radius 1 is 1.15 bits per heavy atom. The smallest absolute Gasteiger partial charge is 0.222 e. The Morgan fingerprint density at radius 2 is 1.85 bits per heavy atom. The Balaban J connectivity index is 2.63. The highest BCUT2D eigenvalue weighted by Crippen LogP contribution is 2.43. The Morgan fingerprint density at radius 3 is 2.54 bits per heavy atom. The SMILES string of the molecule is CC1CC(C)c2c(Cl)nc(Cl)nc21. The van der Waals surface area contributed by atoms with E-state index in [2.05, 4.69) is 23.8 Å². The summed E-state index contributed by atoms with van der Waals surface area (Å²) in [5.41, 5.74) is 2.11. The van der Waals surface area contributed by atoms with Gasteiger partial charge in [-0.05, 0) is 29.9 Å². The van der Waals surface area contributed by atoms with E-state index in [1.807, 2.05) is 0 Å². The summed E-state index contributed by atoms with van der Waals surface area (Å²) >= 11 is 11.7. The first-order chi connectivity index (χ1) is 6.09. The molecule has 70 valence electrons. The summed E-state index contributed by atoms with van der Waals surface area (Å²) in [4.78, 5) is 8.17. The lowest BCUT2D eigenvalue weighted by Crippen LogP contribution is -1.96. The third-order valence-corrected chi connectivity index (χ3v) is 3.03. The Hall–Kier alpha value is -0.340. The molecule has 0 aliphatic heterocycles. The van der Waals surface area contributed by atoms with Gasteiger partial charge in [-0.1, -0.05) is 25.4 Å². The van der Waals surface area contributed by atoms with Crippen molar-refractivity contribution in [2.45, 2.75) is 32.1 Å². The number of fused-ring (bicyclic) bond motifs is 1. The van der Waals surface area contributed by atoms with E-state index in [0.29, 0.717) is 17.0 Å². The zero-order chi connectivity index (χ0) is 9.59. The van der Waals surface area contributed by atoms with Gasteiger partial charge in [0.25, 0.3) is 0 Å². The topological polar surface area (TPSA) is 25.8 Å². The van der Waals surface area contributed by atoms with Crippen molar-refractivity contribution in [3.8, 4) is 0 Å². The van der Waals surface area contributed by atoms with Crippen molar-refractivity contribution < 1.29 is 0 Å². The van der Waals surface area contributed by atoms with Crippen LogP contribution in [-0.4, -0.2) is 9.97 Å². The molecule has 0 spiro atoms. The van der Waals surface area contributed by atoms with Gasteiger partial charge in [0.15, 0.2) is 0 Å². The zero-order valence-electron chi connectivity index (χ0n) is 7.51. The van der Waals surface area contributed by atoms with Gasteiger partial charge in [-0.25, -0.2) is 9.97 Å². The van der Waals surface area contributed by atoms with Crippen molar-refractivity contribution >= 4 is 23.2 Å². The second kappa shape index (κ2) is 3.10. The molecule has 13 heavy (non-hydrogen) atoms. The standard InChI is InChI=1S/C9H10Cl2N2/c1-4-3-5(2)7-6(4)8(10)13-9(11)12-7/h4-5H,3H2,1-2H3. The molecule has 0 saturated carbocycles. The van der Waals surface area contributed by atoms with Crippen LogP contribution < -0.4 is 0 Å². The summed E-state index contributed by atoms with van der Waals surface area (Å²) < 4.78 is 0. The number of rotatable bonds is 0. The molecule has 2 unspecified atom stereocenters. The maximum absolute atomic E-state index is 6.00.